The first-order valence-electron chi connectivity index (χ1n) is 10.1. The largest absolute Gasteiger partial charge is 0.352 e. The Morgan fingerprint density at radius 3 is 2.71 bits per heavy atom. The highest BCUT2D eigenvalue weighted by Gasteiger charge is 2.19. The summed E-state index contributed by atoms with van der Waals surface area (Å²) in [5.74, 6) is -0.0514. The minimum absolute atomic E-state index is 0.000430. The number of amides is 1. The van der Waals surface area contributed by atoms with Gasteiger partial charge in [-0.05, 0) is 49.8 Å². The Balaban J connectivity index is 1.54. The van der Waals surface area contributed by atoms with Crippen LogP contribution in [0.3, 0.4) is 0 Å². The first kappa shape index (κ1) is 18.5. The van der Waals surface area contributed by atoms with Crippen molar-refractivity contribution in [3.05, 3.63) is 69.4 Å². The molecule has 0 fully saturated rings. The van der Waals surface area contributed by atoms with Crippen molar-refractivity contribution in [3.8, 4) is 0 Å². The van der Waals surface area contributed by atoms with Crippen LogP contribution in [0.1, 0.15) is 59.8 Å². The van der Waals surface area contributed by atoms with E-state index >= 15 is 0 Å². The Bertz CT molecular complexity index is 1050. The molecule has 0 bridgehead atoms. The van der Waals surface area contributed by atoms with Crippen molar-refractivity contribution in [1.82, 2.24) is 19.5 Å². The van der Waals surface area contributed by atoms with Gasteiger partial charge in [-0.25, -0.2) is 4.52 Å². The van der Waals surface area contributed by atoms with E-state index in [1.54, 1.807) is 15.3 Å². The average molecular weight is 378 g/mol. The van der Waals surface area contributed by atoms with Crippen LogP contribution in [0.15, 0.2) is 41.5 Å². The van der Waals surface area contributed by atoms with Gasteiger partial charge in [0.1, 0.15) is 5.52 Å². The molecule has 28 heavy (non-hydrogen) atoms. The molecule has 6 heteroatoms. The molecule has 1 aromatic carbocycles. The van der Waals surface area contributed by atoms with E-state index in [9.17, 15) is 9.59 Å². The fraction of sp³-hybridized carbons (Fsp3) is 0.409. The second-order valence-electron chi connectivity index (χ2n) is 7.46. The first-order valence-corrected chi connectivity index (χ1v) is 10.1. The monoisotopic (exact) mass is 378 g/mol. The molecule has 3 aromatic rings. The minimum Gasteiger partial charge on any atom is -0.352 e. The van der Waals surface area contributed by atoms with E-state index in [4.69, 9.17) is 0 Å². The van der Waals surface area contributed by atoms with Gasteiger partial charge in [-0.15, -0.1) is 0 Å². The summed E-state index contributed by atoms with van der Waals surface area (Å²) in [5, 5.41) is 7.50. The molecule has 1 aliphatic rings. The summed E-state index contributed by atoms with van der Waals surface area (Å²) in [7, 11) is 0. The van der Waals surface area contributed by atoms with E-state index in [0.29, 0.717) is 24.2 Å². The number of rotatable bonds is 6. The van der Waals surface area contributed by atoms with Crippen molar-refractivity contribution in [2.45, 2.75) is 52.0 Å². The van der Waals surface area contributed by atoms with Gasteiger partial charge < -0.3 is 9.88 Å². The lowest BCUT2D eigenvalue weighted by molar-refractivity contribution is 0.0953. The highest BCUT2D eigenvalue weighted by Crippen LogP contribution is 2.22. The van der Waals surface area contributed by atoms with Crippen LogP contribution in [0.2, 0.25) is 0 Å². The summed E-state index contributed by atoms with van der Waals surface area (Å²) >= 11 is 0. The highest BCUT2D eigenvalue weighted by molar-refractivity contribution is 5.94. The van der Waals surface area contributed by atoms with Gasteiger partial charge in [-0.2, -0.15) is 5.10 Å². The van der Waals surface area contributed by atoms with E-state index in [-0.39, 0.29) is 11.5 Å². The summed E-state index contributed by atoms with van der Waals surface area (Å²) in [6, 6.07) is 7.47. The third kappa shape index (κ3) is 3.59. The van der Waals surface area contributed by atoms with Crippen molar-refractivity contribution < 1.29 is 4.79 Å². The van der Waals surface area contributed by atoms with E-state index in [2.05, 4.69) is 17.3 Å². The molecule has 0 atom stereocenters. The SMILES string of the molecule is CCCCNC(=O)c1ccc(Cn2ccn3nc4c(c3c2=O)CCCC4)cc1. The molecular formula is C22H26N4O2. The van der Waals surface area contributed by atoms with Crippen molar-refractivity contribution in [2.24, 2.45) is 0 Å². The van der Waals surface area contributed by atoms with E-state index in [1.165, 1.54) is 0 Å². The maximum Gasteiger partial charge on any atom is 0.277 e. The van der Waals surface area contributed by atoms with E-state index < -0.39 is 0 Å². The molecule has 2 aromatic heterocycles. The summed E-state index contributed by atoms with van der Waals surface area (Å²) in [6.45, 7) is 3.27. The molecule has 0 radical (unpaired) electrons. The van der Waals surface area contributed by atoms with E-state index in [1.807, 2.05) is 30.5 Å². The predicted octanol–water partition coefficient (Wildman–Crippen LogP) is 2.95. The number of carbonyl (C=O) groups is 1. The maximum atomic E-state index is 13.0. The lowest BCUT2D eigenvalue weighted by Crippen LogP contribution is -2.24. The van der Waals surface area contributed by atoms with Gasteiger partial charge in [0.05, 0.1) is 12.2 Å². The number of unbranched alkanes of at least 4 members (excludes halogenated alkanes) is 1. The zero-order chi connectivity index (χ0) is 19.5. The second-order valence-corrected chi connectivity index (χ2v) is 7.46. The normalized spacial score (nSPS) is 13.5. The number of hydrogen-bond acceptors (Lipinski definition) is 3. The van der Waals surface area contributed by atoms with Crippen molar-refractivity contribution in [3.63, 3.8) is 0 Å². The van der Waals surface area contributed by atoms with Crippen LogP contribution < -0.4 is 10.9 Å². The lowest BCUT2D eigenvalue weighted by atomic mass is 9.97. The summed E-state index contributed by atoms with van der Waals surface area (Å²) in [4.78, 5) is 25.1. The Hall–Kier alpha value is -2.89. The molecule has 0 spiro atoms. The van der Waals surface area contributed by atoms with Gasteiger partial charge >= 0.3 is 0 Å². The van der Waals surface area contributed by atoms with Crippen LogP contribution >= 0.6 is 0 Å². The molecular weight excluding hydrogens is 352 g/mol. The summed E-state index contributed by atoms with van der Waals surface area (Å²) in [5.41, 5.74) is 4.53. The Kier molecular flexibility index (Phi) is 5.28. The Labute approximate surface area is 164 Å². The number of carbonyl (C=O) groups excluding carboxylic acids is 1. The van der Waals surface area contributed by atoms with Crippen molar-refractivity contribution in [1.29, 1.82) is 0 Å². The first-order chi connectivity index (χ1) is 13.7. The van der Waals surface area contributed by atoms with Crippen LogP contribution in [0, 0.1) is 0 Å². The number of aromatic nitrogens is 3. The second kappa shape index (κ2) is 8.00. The van der Waals surface area contributed by atoms with Gasteiger partial charge in [0.15, 0.2) is 0 Å². The van der Waals surface area contributed by atoms with Gasteiger partial charge in [-0.3, -0.25) is 9.59 Å². The fourth-order valence-electron chi connectivity index (χ4n) is 3.82. The number of hydrogen-bond donors (Lipinski definition) is 1. The number of aryl methyl sites for hydroxylation is 2. The smallest absolute Gasteiger partial charge is 0.277 e. The van der Waals surface area contributed by atoms with Crippen LogP contribution in [-0.4, -0.2) is 26.6 Å². The van der Waals surface area contributed by atoms with Crippen LogP contribution in [0.5, 0.6) is 0 Å². The molecule has 1 aliphatic carbocycles. The standard InChI is InChI=1S/C22H26N4O2/c1-2-3-12-23-21(27)17-10-8-16(9-11-17)15-25-13-14-26-20(22(25)28)18-6-4-5-7-19(18)24-26/h8-11,13-14H,2-7,12,15H2,1H3,(H,23,27). The molecule has 146 valence electrons. The molecule has 1 amide bonds. The molecule has 4 rings (SSSR count). The minimum atomic E-state index is -0.0514. The molecule has 0 unspecified atom stereocenters. The summed E-state index contributed by atoms with van der Waals surface area (Å²) in [6.07, 6.45) is 9.84. The fourth-order valence-corrected chi connectivity index (χ4v) is 3.82. The van der Waals surface area contributed by atoms with Crippen LogP contribution in [0.4, 0.5) is 0 Å². The number of benzene rings is 1. The van der Waals surface area contributed by atoms with Gasteiger partial charge in [-0.1, -0.05) is 25.5 Å². The van der Waals surface area contributed by atoms with Crippen molar-refractivity contribution >= 4 is 11.4 Å². The van der Waals surface area contributed by atoms with Gasteiger partial charge in [0.25, 0.3) is 11.5 Å². The zero-order valence-electron chi connectivity index (χ0n) is 16.3. The maximum absolute atomic E-state index is 13.0. The Morgan fingerprint density at radius 1 is 1.14 bits per heavy atom. The number of nitrogens with zero attached hydrogens (tertiary/aromatic N) is 3. The van der Waals surface area contributed by atoms with E-state index in [0.717, 1.165) is 55.3 Å². The van der Waals surface area contributed by atoms with Crippen LogP contribution in [0.25, 0.3) is 5.52 Å². The number of nitrogens with one attached hydrogen (secondary N) is 1. The summed E-state index contributed by atoms with van der Waals surface area (Å²) < 4.78 is 3.46. The average Bonchev–Trinajstić information content (AvgIpc) is 3.10. The molecule has 6 nitrogen and oxygen atoms in total. The third-order valence-corrected chi connectivity index (χ3v) is 5.42. The van der Waals surface area contributed by atoms with Crippen molar-refractivity contribution in [2.75, 3.05) is 6.54 Å². The third-order valence-electron chi connectivity index (χ3n) is 5.42. The predicted molar refractivity (Wildman–Crippen MR) is 109 cm³/mol. The molecule has 2 heterocycles. The van der Waals surface area contributed by atoms with Gasteiger partial charge in [0.2, 0.25) is 0 Å². The molecule has 0 saturated heterocycles. The molecule has 1 N–H and O–H groups in total. The highest BCUT2D eigenvalue weighted by atomic mass is 16.1. The topological polar surface area (TPSA) is 68.4 Å². The molecule has 0 aliphatic heterocycles. The van der Waals surface area contributed by atoms with Gasteiger partial charge in [0, 0.05) is 30.1 Å². The molecule has 0 saturated carbocycles. The Morgan fingerprint density at radius 2 is 1.93 bits per heavy atom. The van der Waals surface area contributed by atoms with Crippen LogP contribution in [-0.2, 0) is 19.4 Å². The number of fused-ring (bicyclic) bond motifs is 3. The zero-order valence-corrected chi connectivity index (χ0v) is 16.3. The lowest BCUT2D eigenvalue weighted by Gasteiger charge is -2.10. The quantitative estimate of drug-likeness (QED) is 0.671.